The molecule has 1 saturated carbocycles. The normalized spacial score (nSPS) is 16.8. The summed E-state index contributed by atoms with van der Waals surface area (Å²) in [6, 6.07) is 4.46. The SMILES string of the molecule is CS(=O)(=O)Nc1ccc(Cl)c(NC(=O)C2(N)CC2)c1. The summed E-state index contributed by atoms with van der Waals surface area (Å²) in [7, 11) is -3.38. The van der Waals surface area contributed by atoms with Crippen molar-refractivity contribution in [1.29, 1.82) is 0 Å². The number of sulfonamides is 1. The maximum Gasteiger partial charge on any atom is 0.244 e. The predicted molar refractivity (Wildman–Crippen MR) is 74.7 cm³/mol. The molecule has 0 bridgehead atoms. The van der Waals surface area contributed by atoms with E-state index in [1.807, 2.05) is 0 Å². The maximum absolute atomic E-state index is 11.8. The van der Waals surface area contributed by atoms with Crippen molar-refractivity contribution < 1.29 is 13.2 Å². The lowest BCUT2D eigenvalue weighted by atomic mass is 10.2. The molecule has 0 radical (unpaired) electrons. The molecule has 1 aliphatic rings. The number of halogens is 1. The Morgan fingerprint density at radius 3 is 2.58 bits per heavy atom. The Bertz CT molecular complexity index is 626. The second kappa shape index (κ2) is 4.66. The van der Waals surface area contributed by atoms with Crippen LogP contribution in [-0.2, 0) is 14.8 Å². The number of hydrogen-bond donors (Lipinski definition) is 3. The minimum Gasteiger partial charge on any atom is -0.323 e. The number of carbonyl (C=O) groups excluding carboxylic acids is 1. The highest BCUT2D eigenvalue weighted by atomic mass is 35.5. The zero-order valence-corrected chi connectivity index (χ0v) is 11.8. The van der Waals surface area contributed by atoms with E-state index in [0.29, 0.717) is 29.2 Å². The minimum absolute atomic E-state index is 0.314. The number of hydrogen-bond acceptors (Lipinski definition) is 4. The standard InChI is InChI=1S/C11H14ClN3O3S/c1-19(17,18)15-7-2-3-8(12)9(6-7)14-10(16)11(13)4-5-11/h2-3,6,15H,4-5,13H2,1H3,(H,14,16). The van der Waals surface area contributed by atoms with Crippen molar-refractivity contribution in [2.75, 3.05) is 16.3 Å². The van der Waals surface area contributed by atoms with Crippen LogP contribution in [0.2, 0.25) is 5.02 Å². The Kier molecular flexibility index (Phi) is 3.46. The summed E-state index contributed by atoms with van der Waals surface area (Å²) in [5, 5.41) is 2.92. The molecule has 2 rings (SSSR count). The first-order chi connectivity index (χ1) is 8.70. The van der Waals surface area contributed by atoms with Crippen LogP contribution in [0.15, 0.2) is 18.2 Å². The number of benzene rings is 1. The van der Waals surface area contributed by atoms with Gasteiger partial charge in [-0.05, 0) is 31.0 Å². The van der Waals surface area contributed by atoms with Crippen LogP contribution in [0.1, 0.15) is 12.8 Å². The van der Waals surface area contributed by atoms with Crippen LogP contribution in [-0.4, -0.2) is 26.1 Å². The highest BCUT2D eigenvalue weighted by molar-refractivity contribution is 7.92. The van der Waals surface area contributed by atoms with Gasteiger partial charge in [-0.2, -0.15) is 0 Å². The van der Waals surface area contributed by atoms with E-state index in [0.717, 1.165) is 6.26 Å². The van der Waals surface area contributed by atoms with E-state index < -0.39 is 15.6 Å². The van der Waals surface area contributed by atoms with Crippen molar-refractivity contribution in [3.63, 3.8) is 0 Å². The fraction of sp³-hybridized carbons (Fsp3) is 0.364. The molecule has 0 saturated heterocycles. The molecule has 0 aromatic heterocycles. The van der Waals surface area contributed by atoms with Gasteiger partial charge in [0.15, 0.2) is 0 Å². The van der Waals surface area contributed by atoms with Crippen molar-refractivity contribution in [3.8, 4) is 0 Å². The Morgan fingerprint density at radius 1 is 1.42 bits per heavy atom. The summed E-state index contributed by atoms with van der Waals surface area (Å²) in [6.45, 7) is 0. The molecule has 0 spiro atoms. The molecule has 1 aliphatic carbocycles. The van der Waals surface area contributed by atoms with Gasteiger partial charge < -0.3 is 11.1 Å². The summed E-state index contributed by atoms with van der Waals surface area (Å²) in [5.74, 6) is -0.314. The number of nitrogens with two attached hydrogens (primary N) is 1. The Morgan fingerprint density at radius 2 is 2.05 bits per heavy atom. The first-order valence-corrected chi connectivity index (χ1v) is 7.84. The Balaban J connectivity index is 2.20. The van der Waals surface area contributed by atoms with Crippen molar-refractivity contribution in [2.24, 2.45) is 5.73 Å². The van der Waals surface area contributed by atoms with Crippen LogP contribution in [0.4, 0.5) is 11.4 Å². The van der Waals surface area contributed by atoms with E-state index in [-0.39, 0.29) is 5.91 Å². The molecule has 8 heteroatoms. The van der Waals surface area contributed by atoms with E-state index in [1.165, 1.54) is 18.2 Å². The first-order valence-electron chi connectivity index (χ1n) is 5.57. The lowest BCUT2D eigenvalue weighted by Gasteiger charge is -2.13. The molecule has 1 aromatic rings. The van der Waals surface area contributed by atoms with Gasteiger partial charge in [-0.3, -0.25) is 9.52 Å². The summed E-state index contributed by atoms with van der Waals surface area (Å²) in [4.78, 5) is 11.8. The van der Waals surface area contributed by atoms with Crippen molar-refractivity contribution in [1.82, 2.24) is 0 Å². The predicted octanol–water partition coefficient (Wildman–Crippen LogP) is 1.14. The zero-order chi connectivity index (χ0) is 14.3. The number of anilines is 2. The van der Waals surface area contributed by atoms with Gasteiger partial charge in [0, 0.05) is 0 Å². The van der Waals surface area contributed by atoms with E-state index in [4.69, 9.17) is 17.3 Å². The second-order valence-corrected chi connectivity index (χ2v) is 6.83. The van der Waals surface area contributed by atoms with Crippen molar-refractivity contribution in [2.45, 2.75) is 18.4 Å². The van der Waals surface area contributed by atoms with E-state index in [1.54, 1.807) is 0 Å². The molecular weight excluding hydrogens is 290 g/mol. The number of nitrogens with one attached hydrogen (secondary N) is 2. The molecule has 1 aromatic carbocycles. The average molecular weight is 304 g/mol. The topological polar surface area (TPSA) is 101 Å². The fourth-order valence-electron chi connectivity index (χ4n) is 1.51. The maximum atomic E-state index is 11.8. The summed E-state index contributed by atoms with van der Waals surface area (Å²) in [5.41, 5.74) is 5.60. The van der Waals surface area contributed by atoms with Gasteiger partial charge in [-0.25, -0.2) is 8.42 Å². The molecule has 1 amide bonds. The highest BCUT2D eigenvalue weighted by Gasteiger charge is 2.46. The number of rotatable bonds is 4. The lowest BCUT2D eigenvalue weighted by Crippen LogP contribution is -2.37. The molecule has 0 aliphatic heterocycles. The third-order valence-electron chi connectivity index (χ3n) is 2.76. The van der Waals surface area contributed by atoms with Crippen LogP contribution in [0.25, 0.3) is 0 Å². The van der Waals surface area contributed by atoms with Crippen molar-refractivity contribution >= 4 is 38.9 Å². The van der Waals surface area contributed by atoms with Crippen LogP contribution in [0.5, 0.6) is 0 Å². The lowest BCUT2D eigenvalue weighted by molar-refractivity contribution is -0.118. The molecule has 0 unspecified atom stereocenters. The van der Waals surface area contributed by atoms with Gasteiger partial charge in [-0.1, -0.05) is 11.6 Å². The zero-order valence-electron chi connectivity index (χ0n) is 10.2. The monoisotopic (exact) mass is 303 g/mol. The molecule has 104 valence electrons. The van der Waals surface area contributed by atoms with E-state index >= 15 is 0 Å². The second-order valence-electron chi connectivity index (χ2n) is 4.68. The summed E-state index contributed by atoms with van der Waals surface area (Å²) >= 11 is 5.95. The molecule has 19 heavy (non-hydrogen) atoms. The molecular formula is C11H14ClN3O3S. The average Bonchev–Trinajstić information content (AvgIpc) is 3.01. The minimum atomic E-state index is -3.38. The van der Waals surface area contributed by atoms with Gasteiger partial charge in [-0.15, -0.1) is 0 Å². The molecule has 6 nitrogen and oxygen atoms in total. The highest BCUT2D eigenvalue weighted by Crippen LogP contribution is 2.34. The third-order valence-corrected chi connectivity index (χ3v) is 3.69. The van der Waals surface area contributed by atoms with Gasteiger partial charge >= 0.3 is 0 Å². The van der Waals surface area contributed by atoms with Crippen LogP contribution in [0.3, 0.4) is 0 Å². The number of amides is 1. The van der Waals surface area contributed by atoms with Gasteiger partial charge in [0.05, 0.1) is 28.2 Å². The van der Waals surface area contributed by atoms with Crippen LogP contribution >= 0.6 is 11.6 Å². The molecule has 0 atom stereocenters. The summed E-state index contributed by atoms with van der Waals surface area (Å²) < 4.78 is 24.6. The van der Waals surface area contributed by atoms with Gasteiger partial charge in [0.1, 0.15) is 0 Å². The van der Waals surface area contributed by atoms with E-state index in [2.05, 4.69) is 10.0 Å². The quantitative estimate of drug-likeness (QED) is 0.776. The van der Waals surface area contributed by atoms with Crippen molar-refractivity contribution in [3.05, 3.63) is 23.2 Å². The molecule has 0 heterocycles. The van der Waals surface area contributed by atoms with Gasteiger partial charge in [0.2, 0.25) is 15.9 Å². The Labute approximate surface area is 116 Å². The van der Waals surface area contributed by atoms with Crippen LogP contribution < -0.4 is 15.8 Å². The smallest absolute Gasteiger partial charge is 0.244 e. The largest absolute Gasteiger partial charge is 0.323 e. The van der Waals surface area contributed by atoms with Gasteiger partial charge in [0.25, 0.3) is 0 Å². The third kappa shape index (κ3) is 3.59. The first kappa shape index (κ1) is 14.1. The summed E-state index contributed by atoms with van der Waals surface area (Å²) in [6.07, 6.45) is 2.31. The fourth-order valence-corrected chi connectivity index (χ4v) is 2.23. The molecule has 4 N–H and O–H groups in total. The van der Waals surface area contributed by atoms with E-state index in [9.17, 15) is 13.2 Å². The molecule has 1 fully saturated rings. The van der Waals surface area contributed by atoms with Crippen LogP contribution in [0, 0.1) is 0 Å². The Hall–Kier alpha value is -1.31. The number of carbonyl (C=O) groups is 1.